The van der Waals surface area contributed by atoms with E-state index in [-0.39, 0.29) is 18.2 Å². The number of rotatable bonds is 6. The van der Waals surface area contributed by atoms with E-state index < -0.39 is 0 Å². The molecule has 8 heteroatoms. The van der Waals surface area contributed by atoms with Crippen LogP contribution in [0, 0.1) is 0 Å². The summed E-state index contributed by atoms with van der Waals surface area (Å²) in [5.41, 5.74) is 0.653. The summed E-state index contributed by atoms with van der Waals surface area (Å²) in [4.78, 5) is 29.9. The molecule has 0 aliphatic heterocycles. The molecular formula is C15H13N3O2S3. The molecule has 2 amide bonds. The second-order valence-electron chi connectivity index (χ2n) is 4.61. The molecule has 0 spiro atoms. The summed E-state index contributed by atoms with van der Waals surface area (Å²) in [6, 6.07) is 7.51. The Balaban J connectivity index is 1.50. The Bertz CT molecular complexity index is 779. The predicted molar refractivity (Wildman–Crippen MR) is 94.3 cm³/mol. The fourth-order valence-corrected chi connectivity index (χ4v) is 3.81. The van der Waals surface area contributed by atoms with Crippen molar-refractivity contribution < 1.29 is 9.59 Å². The number of anilines is 1. The average molecular weight is 363 g/mol. The first kappa shape index (κ1) is 15.9. The molecule has 0 saturated heterocycles. The van der Waals surface area contributed by atoms with Crippen molar-refractivity contribution in [2.75, 3.05) is 5.32 Å². The highest BCUT2D eigenvalue weighted by Gasteiger charge is 2.11. The third kappa shape index (κ3) is 4.47. The molecule has 0 atom stereocenters. The van der Waals surface area contributed by atoms with E-state index in [9.17, 15) is 9.59 Å². The summed E-state index contributed by atoms with van der Waals surface area (Å²) in [6.45, 7) is 0.530. The van der Waals surface area contributed by atoms with Crippen molar-refractivity contribution in [1.29, 1.82) is 0 Å². The van der Waals surface area contributed by atoms with Crippen molar-refractivity contribution in [2.45, 2.75) is 13.0 Å². The fourth-order valence-electron chi connectivity index (χ4n) is 1.84. The fraction of sp³-hybridized carbons (Fsp3) is 0.133. The van der Waals surface area contributed by atoms with Crippen molar-refractivity contribution in [3.05, 3.63) is 55.9 Å². The summed E-state index contributed by atoms with van der Waals surface area (Å²) in [5.74, 6) is -0.261. The van der Waals surface area contributed by atoms with Gasteiger partial charge < -0.3 is 5.32 Å². The van der Waals surface area contributed by atoms with E-state index in [0.29, 0.717) is 22.2 Å². The van der Waals surface area contributed by atoms with Gasteiger partial charge in [0.2, 0.25) is 5.91 Å². The number of hydrogen-bond donors (Lipinski definition) is 2. The maximum Gasteiger partial charge on any atom is 0.267 e. The van der Waals surface area contributed by atoms with Gasteiger partial charge >= 0.3 is 0 Å². The van der Waals surface area contributed by atoms with Gasteiger partial charge in [0.15, 0.2) is 5.13 Å². The maximum absolute atomic E-state index is 11.9. The first-order chi connectivity index (χ1) is 11.2. The van der Waals surface area contributed by atoms with Gasteiger partial charge in [0.1, 0.15) is 0 Å². The lowest BCUT2D eigenvalue weighted by Crippen LogP contribution is -2.24. The van der Waals surface area contributed by atoms with Gasteiger partial charge in [0, 0.05) is 10.3 Å². The van der Waals surface area contributed by atoms with Crippen molar-refractivity contribution in [1.82, 2.24) is 10.3 Å². The molecule has 118 valence electrons. The smallest absolute Gasteiger partial charge is 0.267 e. The van der Waals surface area contributed by atoms with E-state index in [2.05, 4.69) is 15.6 Å². The Hall–Kier alpha value is -2.03. The van der Waals surface area contributed by atoms with Gasteiger partial charge in [-0.2, -0.15) is 0 Å². The van der Waals surface area contributed by atoms with Crippen LogP contribution in [0.4, 0.5) is 5.13 Å². The Kier molecular flexibility index (Phi) is 5.16. The molecule has 3 aromatic heterocycles. The van der Waals surface area contributed by atoms with E-state index in [4.69, 9.17) is 0 Å². The number of nitrogens with one attached hydrogen (secondary N) is 2. The summed E-state index contributed by atoms with van der Waals surface area (Å²) < 4.78 is 0. The van der Waals surface area contributed by atoms with Gasteiger partial charge in [-0.1, -0.05) is 12.1 Å². The Morgan fingerprint density at radius 3 is 2.65 bits per heavy atom. The lowest BCUT2D eigenvalue weighted by atomic mass is 10.3. The SMILES string of the molecule is O=C(Cc1csc(NC(=O)c2cccs2)n1)NCc1cccs1. The van der Waals surface area contributed by atoms with Crippen LogP contribution in [-0.4, -0.2) is 16.8 Å². The third-order valence-electron chi connectivity index (χ3n) is 2.90. The molecule has 0 fully saturated rings. The molecule has 23 heavy (non-hydrogen) atoms. The standard InChI is InChI=1S/C15H13N3O2S3/c19-13(16-8-11-3-1-5-21-11)7-10-9-23-15(17-10)18-14(20)12-4-2-6-22-12/h1-6,9H,7-8H2,(H,16,19)(H,17,18,20). The van der Waals surface area contributed by atoms with Crippen LogP contribution in [0.2, 0.25) is 0 Å². The minimum Gasteiger partial charge on any atom is -0.351 e. The summed E-state index contributed by atoms with van der Waals surface area (Å²) in [6.07, 6.45) is 0.205. The Morgan fingerprint density at radius 1 is 1.09 bits per heavy atom. The van der Waals surface area contributed by atoms with Gasteiger partial charge in [-0.15, -0.1) is 34.0 Å². The number of nitrogens with zero attached hydrogens (tertiary/aromatic N) is 1. The van der Waals surface area contributed by atoms with Crippen LogP contribution in [0.15, 0.2) is 40.4 Å². The lowest BCUT2D eigenvalue weighted by Gasteiger charge is -2.01. The van der Waals surface area contributed by atoms with Gasteiger partial charge in [0.25, 0.3) is 5.91 Å². The van der Waals surface area contributed by atoms with Crippen LogP contribution >= 0.6 is 34.0 Å². The largest absolute Gasteiger partial charge is 0.351 e. The second kappa shape index (κ2) is 7.49. The molecule has 2 N–H and O–H groups in total. The normalized spacial score (nSPS) is 10.4. The van der Waals surface area contributed by atoms with Crippen molar-refractivity contribution in [3.63, 3.8) is 0 Å². The molecule has 0 saturated carbocycles. The number of thiazole rings is 1. The van der Waals surface area contributed by atoms with E-state index in [1.54, 1.807) is 22.8 Å². The molecule has 0 aromatic carbocycles. The third-order valence-corrected chi connectivity index (χ3v) is 5.45. The summed E-state index contributed by atoms with van der Waals surface area (Å²) in [5, 5.41) is 11.7. The topological polar surface area (TPSA) is 71.1 Å². The van der Waals surface area contributed by atoms with Crippen LogP contribution in [0.25, 0.3) is 0 Å². The van der Waals surface area contributed by atoms with E-state index in [0.717, 1.165) is 4.88 Å². The van der Waals surface area contributed by atoms with Crippen molar-refractivity contribution in [3.8, 4) is 0 Å². The minimum absolute atomic E-state index is 0.0835. The predicted octanol–water partition coefficient (Wildman–Crippen LogP) is 3.38. The number of carbonyl (C=O) groups excluding carboxylic acids is 2. The van der Waals surface area contributed by atoms with Crippen LogP contribution in [0.1, 0.15) is 20.2 Å². The summed E-state index contributed by atoms with van der Waals surface area (Å²) in [7, 11) is 0. The van der Waals surface area contributed by atoms with Crippen LogP contribution in [0.3, 0.4) is 0 Å². The first-order valence-corrected chi connectivity index (χ1v) is 9.43. The molecule has 0 unspecified atom stereocenters. The molecule has 3 heterocycles. The van der Waals surface area contributed by atoms with Gasteiger partial charge in [-0.3, -0.25) is 14.9 Å². The lowest BCUT2D eigenvalue weighted by molar-refractivity contribution is -0.120. The van der Waals surface area contributed by atoms with E-state index in [1.807, 2.05) is 29.0 Å². The maximum atomic E-state index is 11.9. The van der Waals surface area contributed by atoms with Crippen LogP contribution in [0.5, 0.6) is 0 Å². The molecule has 3 aromatic rings. The number of aromatic nitrogens is 1. The highest BCUT2D eigenvalue weighted by molar-refractivity contribution is 7.14. The molecule has 5 nitrogen and oxygen atoms in total. The van der Waals surface area contributed by atoms with Gasteiger partial charge in [-0.05, 0) is 22.9 Å². The van der Waals surface area contributed by atoms with E-state index >= 15 is 0 Å². The average Bonchev–Trinajstić information content (AvgIpc) is 3.28. The molecule has 0 radical (unpaired) electrons. The highest BCUT2D eigenvalue weighted by atomic mass is 32.1. The minimum atomic E-state index is -0.178. The zero-order chi connectivity index (χ0) is 16.1. The van der Waals surface area contributed by atoms with Crippen LogP contribution < -0.4 is 10.6 Å². The quantitative estimate of drug-likeness (QED) is 0.705. The Morgan fingerprint density at radius 2 is 1.91 bits per heavy atom. The zero-order valence-corrected chi connectivity index (χ0v) is 14.4. The van der Waals surface area contributed by atoms with Crippen LogP contribution in [-0.2, 0) is 17.8 Å². The molecule has 0 aliphatic carbocycles. The van der Waals surface area contributed by atoms with E-state index in [1.165, 1.54) is 22.7 Å². The molecular weight excluding hydrogens is 350 g/mol. The number of thiophene rings is 2. The number of amides is 2. The first-order valence-electron chi connectivity index (χ1n) is 6.79. The monoisotopic (exact) mass is 363 g/mol. The molecule has 0 bridgehead atoms. The number of carbonyl (C=O) groups is 2. The molecule has 3 rings (SSSR count). The second-order valence-corrected chi connectivity index (χ2v) is 7.45. The van der Waals surface area contributed by atoms with Crippen molar-refractivity contribution in [2.24, 2.45) is 0 Å². The summed E-state index contributed by atoms with van der Waals surface area (Å²) >= 11 is 4.30. The van der Waals surface area contributed by atoms with Crippen molar-refractivity contribution >= 4 is 51.0 Å². The van der Waals surface area contributed by atoms with Gasteiger partial charge in [-0.25, -0.2) is 4.98 Å². The Labute approximate surface area is 145 Å². The molecule has 0 aliphatic rings. The number of hydrogen-bond acceptors (Lipinski definition) is 6. The highest BCUT2D eigenvalue weighted by Crippen LogP contribution is 2.18. The van der Waals surface area contributed by atoms with Gasteiger partial charge in [0.05, 0.1) is 23.5 Å². The zero-order valence-electron chi connectivity index (χ0n) is 11.9.